The zero-order chi connectivity index (χ0) is 27.1. The first kappa shape index (κ1) is 25.0. The SMILES string of the molecule is CN(Cc1ccccc1)Cc1ccc(-c2cccc3c(=O)cc(N4CCOCC4)oc23)c2sc3ccccc3c12. The maximum absolute atomic E-state index is 13.2. The molecule has 200 valence electrons. The van der Waals surface area contributed by atoms with Crippen molar-refractivity contribution < 1.29 is 9.15 Å². The van der Waals surface area contributed by atoms with Gasteiger partial charge >= 0.3 is 0 Å². The molecule has 5 nitrogen and oxygen atoms in total. The van der Waals surface area contributed by atoms with Crippen LogP contribution < -0.4 is 10.3 Å². The predicted molar refractivity (Wildman–Crippen MR) is 165 cm³/mol. The third-order valence-corrected chi connectivity index (χ3v) is 8.91. The van der Waals surface area contributed by atoms with Gasteiger partial charge in [0.1, 0.15) is 5.58 Å². The van der Waals surface area contributed by atoms with Gasteiger partial charge in [-0.15, -0.1) is 11.3 Å². The maximum Gasteiger partial charge on any atom is 0.200 e. The van der Waals surface area contributed by atoms with Crippen molar-refractivity contribution in [2.45, 2.75) is 13.1 Å². The first-order valence-corrected chi connectivity index (χ1v) is 14.5. The molecule has 4 aromatic carbocycles. The minimum atomic E-state index is -0.0173. The van der Waals surface area contributed by atoms with Crippen molar-refractivity contribution in [2.24, 2.45) is 0 Å². The molecule has 0 saturated carbocycles. The fraction of sp³-hybridized carbons (Fsp3) is 0.206. The summed E-state index contributed by atoms with van der Waals surface area (Å²) >= 11 is 1.81. The molecule has 6 heteroatoms. The van der Waals surface area contributed by atoms with Crippen molar-refractivity contribution in [1.82, 2.24) is 4.90 Å². The average molecular weight is 547 g/mol. The van der Waals surface area contributed by atoms with Crippen LogP contribution in [0.4, 0.5) is 5.88 Å². The zero-order valence-electron chi connectivity index (χ0n) is 22.4. The molecular weight excluding hydrogens is 516 g/mol. The Hall–Kier alpha value is -3.97. The van der Waals surface area contributed by atoms with Crippen LogP contribution in [0, 0.1) is 0 Å². The minimum absolute atomic E-state index is 0.0173. The summed E-state index contributed by atoms with van der Waals surface area (Å²) in [7, 11) is 2.17. The fourth-order valence-electron chi connectivity index (χ4n) is 5.80. The van der Waals surface area contributed by atoms with Gasteiger partial charge in [-0.2, -0.15) is 0 Å². The van der Waals surface area contributed by atoms with Crippen LogP contribution in [0.15, 0.2) is 100 Å². The second-order valence-electron chi connectivity index (χ2n) is 10.5. The van der Waals surface area contributed by atoms with E-state index in [2.05, 4.69) is 89.6 Å². The first-order chi connectivity index (χ1) is 19.7. The zero-order valence-corrected chi connectivity index (χ0v) is 23.2. The molecule has 3 heterocycles. The van der Waals surface area contributed by atoms with Gasteiger partial charge in [0.15, 0.2) is 11.3 Å². The van der Waals surface area contributed by atoms with E-state index in [9.17, 15) is 4.79 Å². The standard InChI is InChI=1S/C34H30N2O3S/c1-35(21-23-8-3-2-4-9-23)22-24-14-15-26(34-32(24)28-10-5-6-13-30(28)40-34)25-11-7-12-27-29(37)20-31(39-33(25)27)36-16-18-38-19-17-36/h2-15,20H,16-19,21-22H2,1H3. The Kier molecular flexibility index (Phi) is 6.60. The lowest BCUT2D eigenvalue weighted by Gasteiger charge is -2.27. The minimum Gasteiger partial charge on any atom is -0.440 e. The van der Waals surface area contributed by atoms with E-state index in [1.807, 2.05) is 23.5 Å². The molecule has 7 rings (SSSR count). The molecule has 6 aromatic rings. The molecule has 0 atom stereocenters. The van der Waals surface area contributed by atoms with Crippen LogP contribution in [-0.4, -0.2) is 38.3 Å². The molecule has 1 aliphatic heterocycles. The predicted octanol–water partition coefficient (Wildman–Crippen LogP) is 7.30. The van der Waals surface area contributed by atoms with E-state index in [4.69, 9.17) is 9.15 Å². The molecule has 0 bridgehead atoms. The van der Waals surface area contributed by atoms with E-state index in [0.29, 0.717) is 43.2 Å². The number of rotatable bonds is 6. The molecule has 0 unspecified atom stereocenters. The fourth-order valence-corrected chi connectivity index (χ4v) is 7.08. The van der Waals surface area contributed by atoms with Crippen LogP contribution >= 0.6 is 11.3 Å². The third kappa shape index (κ3) is 4.58. The van der Waals surface area contributed by atoms with Crippen LogP contribution in [0.25, 0.3) is 42.3 Å². The van der Waals surface area contributed by atoms with Gasteiger partial charge < -0.3 is 14.1 Å². The van der Waals surface area contributed by atoms with E-state index >= 15 is 0 Å². The van der Waals surface area contributed by atoms with Crippen LogP contribution in [0.2, 0.25) is 0 Å². The van der Waals surface area contributed by atoms with E-state index in [0.717, 1.165) is 24.2 Å². The van der Waals surface area contributed by atoms with Gasteiger partial charge in [-0.25, -0.2) is 0 Å². The highest BCUT2D eigenvalue weighted by atomic mass is 32.1. The lowest BCUT2D eigenvalue weighted by molar-refractivity contribution is 0.121. The Bertz CT molecular complexity index is 1890. The highest BCUT2D eigenvalue weighted by Gasteiger charge is 2.20. The first-order valence-electron chi connectivity index (χ1n) is 13.7. The molecule has 0 aliphatic carbocycles. The second-order valence-corrected chi connectivity index (χ2v) is 11.5. The molecule has 0 spiro atoms. The van der Waals surface area contributed by atoms with E-state index in [1.54, 1.807) is 6.07 Å². The van der Waals surface area contributed by atoms with Crippen LogP contribution in [0.1, 0.15) is 11.1 Å². The number of nitrogens with zero attached hydrogens (tertiary/aromatic N) is 2. The number of ether oxygens (including phenoxy) is 1. The van der Waals surface area contributed by atoms with E-state index in [1.165, 1.54) is 31.3 Å². The molecule has 1 saturated heterocycles. The number of para-hydroxylation sites is 1. The number of anilines is 1. The lowest BCUT2D eigenvalue weighted by Crippen LogP contribution is -2.36. The summed E-state index contributed by atoms with van der Waals surface area (Å²) in [5.74, 6) is 0.611. The van der Waals surface area contributed by atoms with Gasteiger partial charge in [-0.3, -0.25) is 9.69 Å². The maximum atomic E-state index is 13.2. The third-order valence-electron chi connectivity index (χ3n) is 7.70. The lowest BCUT2D eigenvalue weighted by atomic mass is 9.97. The molecule has 0 amide bonds. The molecule has 0 radical (unpaired) electrons. The highest BCUT2D eigenvalue weighted by Crippen LogP contribution is 2.43. The van der Waals surface area contributed by atoms with Gasteiger partial charge in [0.2, 0.25) is 0 Å². The number of fused-ring (bicyclic) bond motifs is 4. The Morgan fingerprint density at radius 2 is 1.60 bits per heavy atom. The quantitative estimate of drug-likeness (QED) is 0.219. The van der Waals surface area contributed by atoms with Gasteiger partial charge in [-0.1, -0.05) is 72.8 Å². The summed E-state index contributed by atoms with van der Waals surface area (Å²) in [5, 5.41) is 3.15. The molecule has 1 fully saturated rings. The van der Waals surface area contributed by atoms with Gasteiger partial charge in [-0.05, 0) is 30.3 Å². The van der Waals surface area contributed by atoms with E-state index in [-0.39, 0.29) is 5.43 Å². The summed E-state index contributed by atoms with van der Waals surface area (Å²) in [6, 6.07) is 31.2. The van der Waals surface area contributed by atoms with Crippen LogP contribution in [-0.2, 0) is 17.8 Å². The summed E-state index contributed by atoms with van der Waals surface area (Å²) in [6.45, 7) is 4.39. The molecular formula is C34H30N2O3S. The van der Waals surface area contributed by atoms with Crippen molar-refractivity contribution in [1.29, 1.82) is 0 Å². The topological polar surface area (TPSA) is 45.9 Å². The Morgan fingerprint density at radius 1 is 0.825 bits per heavy atom. The summed E-state index contributed by atoms with van der Waals surface area (Å²) in [4.78, 5) is 17.7. The largest absolute Gasteiger partial charge is 0.440 e. The van der Waals surface area contributed by atoms with Crippen molar-refractivity contribution >= 4 is 48.4 Å². The van der Waals surface area contributed by atoms with Crippen molar-refractivity contribution in [2.75, 3.05) is 38.3 Å². The van der Waals surface area contributed by atoms with Crippen LogP contribution in [0.3, 0.4) is 0 Å². The number of thiophene rings is 1. The highest BCUT2D eigenvalue weighted by molar-refractivity contribution is 7.26. The number of benzene rings is 4. The number of morpholine rings is 1. The van der Waals surface area contributed by atoms with Gasteiger partial charge in [0.25, 0.3) is 0 Å². The Balaban J connectivity index is 1.38. The van der Waals surface area contributed by atoms with Crippen LogP contribution in [0.5, 0.6) is 0 Å². The van der Waals surface area contributed by atoms with E-state index < -0.39 is 0 Å². The summed E-state index contributed by atoms with van der Waals surface area (Å²) < 4.78 is 14.5. The molecule has 1 aliphatic rings. The monoisotopic (exact) mass is 546 g/mol. The summed E-state index contributed by atoms with van der Waals surface area (Å²) in [6.07, 6.45) is 0. The number of hydrogen-bond donors (Lipinski definition) is 0. The van der Waals surface area contributed by atoms with Crippen molar-refractivity contribution in [3.8, 4) is 11.1 Å². The number of hydrogen-bond acceptors (Lipinski definition) is 6. The second kappa shape index (κ2) is 10.5. The van der Waals surface area contributed by atoms with Gasteiger partial charge in [0.05, 0.1) is 18.6 Å². The molecule has 2 aromatic heterocycles. The summed E-state index contributed by atoms with van der Waals surface area (Å²) in [5.41, 5.74) is 5.27. The normalized spacial score (nSPS) is 14.1. The smallest absolute Gasteiger partial charge is 0.200 e. The molecule has 0 N–H and O–H groups in total. The van der Waals surface area contributed by atoms with Crippen molar-refractivity contribution in [3.63, 3.8) is 0 Å². The Morgan fingerprint density at radius 3 is 2.45 bits per heavy atom. The van der Waals surface area contributed by atoms with Gasteiger partial charge in [0, 0.05) is 63.5 Å². The average Bonchev–Trinajstić information content (AvgIpc) is 3.38. The molecule has 40 heavy (non-hydrogen) atoms. The Labute approximate surface area is 236 Å². The van der Waals surface area contributed by atoms with Crippen molar-refractivity contribution in [3.05, 3.63) is 112 Å².